The Morgan fingerprint density at radius 1 is 1.53 bits per heavy atom. The van der Waals surface area contributed by atoms with Crippen molar-refractivity contribution in [2.24, 2.45) is 0 Å². The molecule has 0 saturated heterocycles. The van der Waals surface area contributed by atoms with Gasteiger partial charge in [-0.15, -0.1) is 0 Å². The van der Waals surface area contributed by atoms with Gasteiger partial charge in [0.15, 0.2) is 5.60 Å². The molecule has 3 N–H and O–H groups in total. The average molecular weight is 373 g/mol. The molecule has 6 nitrogen and oxygen atoms in total. The molecule has 1 unspecified atom stereocenters. The lowest BCUT2D eigenvalue weighted by molar-refractivity contribution is -0.155. The van der Waals surface area contributed by atoms with E-state index in [0.29, 0.717) is 9.50 Å². The van der Waals surface area contributed by atoms with E-state index in [4.69, 9.17) is 16.7 Å². The van der Waals surface area contributed by atoms with Crippen LogP contribution in [-0.2, 0) is 14.8 Å². The highest BCUT2D eigenvalue weighted by Crippen LogP contribution is 2.25. The molecule has 0 amide bonds. The van der Waals surface area contributed by atoms with Gasteiger partial charge in [0.2, 0.25) is 10.0 Å². The molecule has 0 fully saturated rings. The molecule has 19 heavy (non-hydrogen) atoms. The molecule has 0 spiro atoms. The fourth-order valence-electron chi connectivity index (χ4n) is 1.04. The van der Waals surface area contributed by atoms with E-state index >= 15 is 0 Å². The van der Waals surface area contributed by atoms with E-state index in [1.807, 2.05) is 4.72 Å². The highest BCUT2D eigenvalue weighted by Gasteiger charge is 2.31. The largest absolute Gasteiger partial charge is 0.479 e. The lowest BCUT2D eigenvalue weighted by atomic mass is 10.1. The van der Waals surface area contributed by atoms with Gasteiger partial charge in [-0.2, -0.15) is 0 Å². The normalized spacial score (nSPS) is 14.9. The van der Waals surface area contributed by atoms with Gasteiger partial charge in [-0.1, -0.05) is 11.6 Å². The second-order valence-corrected chi connectivity index (χ2v) is 7.01. The standard InChI is InChI=1S/C10H11BrClNO5S/c1-10(16,9(14)15)5-13-19(17,18)6-2-3-8(12)7(11)4-6/h2-4,13,16H,5H2,1H3,(H,14,15). The van der Waals surface area contributed by atoms with Crippen molar-refractivity contribution in [2.45, 2.75) is 17.4 Å². The number of aliphatic hydroxyl groups is 1. The van der Waals surface area contributed by atoms with Crippen LogP contribution in [0.5, 0.6) is 0 Å². The van der Waals surface area contributed by atoms with Crippen LogP contribution in [0.3, 0.4) is 0 Å². The summed E-state index contributed by atoms with van der Waals surface area (Å²) in [6.07, 6.45) is 0. The van der Waals surface area contributed by atoms with Crippen LogP contribution in [0.15, 0.2) is 27.6 Å². The molecule has 1 aromatic carbocycles. The molecule has 106 valence electrons. The number of rotatable bonds is 5. The molecule has 1 rings (SSSR count). The highest BCUT2D eigenvalue weighted by atomic mass is 79.9. The monoisotopic (exact) mass is 371 g/mol. The third kappa shape index (κ3) is 4.15. The minimum Gasteiger partial charge on any atom is -0.479 e. The predicted molar refractivity (Wildman–Crippen MR) is 72.6 cm³/mol. The smallest absolute Gasteiger partial charge is 0.336 e. The molecule has 0 heterocycles. The highest BCUT2D eigenvalue weighted by molar-refractivity contribution is 9.10. The van der Waals surface area contributed by atoms with E-state index in [1.165, 1.54) is 18.2 Å². The zero-order valence-corrected chi connectivity index (χ0v) is 12.9. The first-order chi connectivity index (χ1) is 8.56. The first-order valence-electron chi connectivity index (χ1n) is 4.97. The first-order valence-corrected chi connectivity index (χ1v) is 7.62. The summed E-state index contributed by atoms with van der Waals surface area (Å²) in [6.45, 7) is 0.348. The van der Waals surface area contributed by atoms with Gasteiger partial charge in [-0.05, 0) is 41.1 Å². The van der Waals surface area contributed by atoms with Gasteiger partial charge in [0.1, 0.15) is 0 Å². The van der Waals surface area contributed by atoms with E-state index in [0.717, 1.165) is 6.92 Å². The Morgan fingerprint density at radius 2 is 2.11 bits per heavy atom. The fourth-order valence-corrected chi connectivity index (χ4v) is 2.84. The molecule has 0 aliphatic rings. The van der Waals surface area contributed by atoms with Crippen molar-refractivity contribution >= 4 is 43.5 Å². The topological polar surface area (TPSA) is 104 Å². The molecule has 0 aliphatic carbocycles. The van der Waals surface area contributed by atoms with E-state index in [9.17, 15) is 18.3 Å². The lowest BCUT2D eigenvalue weighted by Gasteiger charge is -2.18. The number of aliphatic carboxylic acids is 1. The zero-order chi connectivity index (χ0) is 14.8. The van der Waals surface area contributed by atoms with Crippen molar-refractivity contribution in [3.8, 4) is 0 Å². The van der Waals surface area contributed by atoms with Crippen LogP contribution in [0.1, 0.15) is 6.92 Å². The van der Waals surface area contributed by atoms with Crippen molar-refractivity contribution in [1.29, 1.82) is 0 Å². The molecule has 1 atom stereocenters. The Kier molecular flexibility index (Phi) is 4.97. The number of halogens is 2. The quantitative estimate of drug-likeness (QED) is 0.721. The molecular weight excluding hydrogens is 362 g/mol. The molecule has 0 saturated carbocycles. The molecule has 0 aliphatic heterocycles. The molecular formula is C10H11BrClNO5S. The number of carbonyl (C=O) groups is 1. The summed E-state index contributed by atoms with van der Waals surface area (Å²) in [5.74, 6) is -1.52. The summed E-state index contributed by atoms with van der Waals surface area (Å²) in [4.78, 5) is 10.6. The third-order valence-electron chi connectivity index (χ3n) is 2.27. The second kappa shape index (κ2) is 5.76. The lowest BCUT2D eigenvalue weighted by Crippen LogP contribution is -2.46. The maximum atomic E-state index is 11.9. The summed E-state index contributed by atoms with van der Waals surface area (Å²) >= 11 is 8.83. The Balaban J connectivity index is 2.93. The number of hydrogen-bond donors (Lipinski definition) is 3. The van der Waals surface area contributed by atoms with Crippen molar-refractivity contribution in [3.63, 3.8) is 0 Å². The summed E-state index contributed by atoms with van der Waals surface area (Å²) in [5.41, 5.74) is -2.18. The summed E-state index contributed by atoms with van der Waals surface area (Å²) in [6, 6.07) is 3.93. The van der Waals surface area contributed by atoms with Crippen LogP contribution in [0.4, 0.5) is 0 Å². The Hall–Kier alpha value is -0.670. The van der Waals surface area contributed by atoms with Crippen LogP contribution in [0.2, 0.25) is 5.02 Å². The van der Waals surface area contributed by atoms with Crippen molar-refractivity contribution in [1.82, 2.24) is 4.72 Å². The van der Waals surface area contributed by atoms with Crippen LogP contribution >= 0.6 is 27.5 Å². The van der Waals surface area contributed by atoms with Crippen molar-refractivity contribution < 1.29 is 23.4 Å². The number of carboxylic acids is 1. The minimum absolute atomic E-state index is 0.0926. The predicted octanol–water partition coefficient (Wildman–Crippen LogP) is 1.22. The van der Waals surface area contributed by atoms with Gasteiger partial charge < -0.3 is 10.2 Å². The average Bonchev–Trinajstić information content (AvgIpc) is 2.30. The Bertz CT molecular complexity index is 602. The number of nitrogens with one attached hydrogen (secondary N) is 1. The van der Waals surface area contributed by atoms with Crippen LogP contribution in [-0.4, -0.2) is 36.7 Å². The van der Waals surface area contributed by atoms with Gasteiger partial charge in [0.05, 0.1) is 16.5 Å². The number of carboxylic acid groups (broad SMARTS) is 1. The number of benzene rings is 1. The van der Waals surface area contributed by atoms with Gasteiger partial charge in [-0.3, -0.25) is 0 Å². The summed E-state index contributed by atoms with van der Waals surface area (Å²) in [7, 11) is -3.93. The van der Waals surface area contributed by atoms with E-state index in [2.05, 4.69) is 15.9 Å². The van der Waals surface area contributed by atoms with Gasteiger partial charge in [0.25, 0.3) is 0 Å². The SMILES string of the molecule is CC(O)(CNS(=O)(=O)c1ccc(Cl)c(Br)c1)C(=O)O. The first kappa shape index (κ1) is 16.4. The molecule has 0 aromatic heterocycles. The molecule has 0 bridgehead atoms. The van der Waals surface area contributed by atoms with Gasteiger partial charge in [-0.25, -0.2) is 17.9 Å². The zero-order valence-electron chi connectivity index (χ0n) is 9.72. The maximum absolute atomic E-state index is 11.9. The number of hydrogen-bond acceptors (Lipinski definition) is 4. The summed E-state index contributed by atoms with van der Waals surface area (Å²) < 4.78 is 26.2. The second-order valence-electron chi connectivity index (χ2n) is 3.98. The van der Waals surface area contributed by atoms with Gasteiger partial charge >= 0.3 is 5.97 Å². The summed E-state index contributed by atoms with van der Waals surface area (Å²) in [5, 5.41) is 18.5. The molecule has 9 heteroatoms. The van der Waals surface area contributed by atoms with Crippen molar-refractivity contribution in [3.05, 3.63) is 27.7 Å². The third-order valence-corrected chi connectivity index (χ3v) is 4.88. The molecule has 0 radical (unpaired) electrons. The van der Waals surface area contributed by atoms with Gasteiger partial charge in [0, 0.05) is 4.47 Å². The van der Waals surface area contributed by atoms with Crippen LogP contribution in [0, 0.1) is 0 Å². The Morgan fingerprint density at radius 3 is 2.58 bits per heavy atom. The maximum Gasteiger partial charge on any atom is 0.336 e. The molecule has 1 aromatic rings. The van der Waals surface area contributed by atoms with Crippen molar-refractivity contribution in [2.75, 3.05) is 6.54 Å². The van der Waals surface area contributed by atoms with E-state index < -0.39 is 28.1 Å². The number of sulfonamides is 1. The Labute approximate surface area is 123 Å². The fraction of sp³-hybridized carbons (Fsp3) is 0.300. The minimum atomic E-state index is -3.93. The van der Waals surface area contributed by atoms with E-state index in [-0.39, 0.29) is 4.90 Å². The van der Waals surface area contributed by atoms with E-state index in [1.54, 1.807) is 0 Å². The van der Waals surface area contributed by atoms with Crippen LogP contribution in [0.25, 0.3) is 0 Å². The van der Waals surface area contributed by atoms with Crippen LogP contribution < -0.4 is 4.72 Å².